The Kier molecular flexibility index (Phi) is 4.92. The van der Waals surface area contributed by atoms with Crippen LogP contribution in [0.25, 0.3) is 0 Å². The first kappa shape index (κ1) is 16.7. The van der Waals surface area contributed by atoms with Crippen molar-refractivity contribution in [3.05, 3.63) is 28.2 Å². The van der Waals surface area contributed by atoms with Crippen molar-refractivity contribution in [2.75, 3.05) is 12.9 Å². The molecule has 0 aliphatic heterocycles. The van der Waals surface area contributed by atoms with Crippen LogP contribution in [-0.4, -0.2) is 18.8 Å². The molecule has 0 N–H and O–H groups in total. The van der Waals surface area contributed by atoms with Crippen molar-refractivity contribution < 1.29 is 22.7 Å². The fraction of sp³-hybridized carbons (Fsp3) is 0.500. The van der Waals surface area contributed by atoms with E-state index in [1.807, 2.05) is 0 Å². The zero-order chi connectivity index (χ0) is 15.7. The van der Waals surface area contributed by atoms with E-state index in [9.17, 15) is 18.0 Å². The Labute approximate surface area is 133 Å². The van der Waals surface area contributed by atoms with Crippen LogP contribution in [0.5, 0.6) is 0 Å². The summed E-state index contributed by atoms with van der Waals surface area (Å²) in [5, 5.41) is 0. The molecule has 0 amide bonds. The highest BCUT2D eigenvalue weighted by Crippen LogP contribution is 2.53. The van der Waals surface area contributed by atoms with E-state index in [1.165, 1.54) is 13.2 Å². The maximum absolute atomic E-state index is 13.0. The summed E-state index contributed by atoms with van der Waals surface area (Å²) < 4.78 is 44.1. The molecule has 21 heavy (non-hydrogen) atoms. The van der Waals surface area contributed by atoms with E-state index >= 15 is 0 Å². The number of alkyl halides is 3. The second-order valence-electron chi connectivity index (χ2n) is 5.18. The molecule has 0 atom stereocenters. The van der Waals surface area contributed by atoms with E-state index in [1.54, 1.807) is 6.07 Å². The summed E-state index contributed by atoms with van der Waals surface area (Å²) in [4.78, 5) is 11.5. The van der Waals surface area contributed by atoms with Gasteiger partial charge in [0, 0.05) is 15.1 Å². The van der Waals surface area contributed by atoms with Gasteiger partial charge in [0.25, 0.3) is 0 Å². The first-order valence-electron chi connectivity index (χ1n) is 6.32. The number of ether oxygens (including phenoxy) is 1. The number of thioether (sulfide) groups is 1. The Morgan fingerprint density at radius 1 is 1.43 bits per heavy atom. The van der Waals surface area contributed by atoms with Crippen molar-refractivity contribution in [3.63, 3.8) is 0 Å². The summed E-state index contributed by atoms with van der Waals surface area (Å²) in [7, 11) is 1.32. The Bertz CT molecular complexity index is 542. The van der Waals surface area contributed by atoms with Crippen LogP contribution in [0, 0.1) is 5.41 Å². The number of halogens is 4. The summed E-state index contributed by atoms with van der Waals surface area (Å²) >= 11 is 4.22. The minimum atomic E-state index is -4.38. The van der Waals surface area contributed by atoms with Gasteiger partial charge in [-0.05, 0) is 36.5 Å². The smallest absolute Gasteiger partial charge is 0.417 e. The van der Waals surface area contributed by atoms with Crippen molar-refractivity contribution in [1.29, 1.82) is 0 Å². The highest BCUT2D eigenvalue weighted by molar-refractivity contribution is 9.10. The van der Waals surface area contributed by atoms with Crippen molar-refractivity contribution in [1.82, 2.24) is 0 Å². The van der Waals surface area contributed by atoms with Gasteiger partial charge in [-0.25, -0.2) is 0 Å². The van der Waals surface area contributed by atoms with Crippen molar-refractivity contribution in [2.24, 2.45) is 5.41 Å². The van der Waals surface area contributed by atoms with Crippen molar-refractivity contribution >= 4 is 33.7 Å². The highest BCUT2D eigenvalue weighted by atomic mass is 79.9. The van der Waals surface area contributed by atoms with Crippen molar-refractivity contribution in [2.45, 2.75) is 30.3 Å². The number of methoxy groups -OCH3 is 1. The Balaban J connectivity index is 2.09. The molecular formula is C14H14BrF3O2S. The van der Waals surface area contributed by atoms with Gasteiger partial charge in [-0.2, -0.15) is 13.2 Å². The summed E-state index contributed by atoms with van der Waals surface area (Å²) in [6, 6.07) is 4.14. The molecule has 0 aromatic heterocycles. The van der Waals surface area contributed by atoms with Crippen LogP contribution in [0.1, 0.15) is 24.8 Å². The molecule has 0 saturated heterocycles. The number of hydrogen-bond acceptors (Lipinski definition) is 3. The van der Waals surface area contributed by atoms with Crippen LogP contribution in [0.3, 0.4) is 0 Å². The number of esters is 1. The normalized spacial score (nSPS) is 16.6. The predicted octanol–water partition coefficient (Wildman–Crippen LogP) is 4.90. The van der Waals surface area contributed by atoms with Gasteiger partial charge in [-0.1, -0.05) is 15.9 Å². The second-order valence-corrected chi connectivity index (χ2v) is 7.11. The van der Waals surface area contributed by atoms with Crippen LogP contribution in [0.4, 0.5) is 13.2 Å². The van der Waals surface area contributed by atoms with Crippen LogP contribution >= 0.6 is 27.7 Å². The van der Waals surface area contributed by atoms with Crippen LogP contribution in [0.2, 0.25) is 0 Å². The third kappa shape index (κ3) is 4.39. The minimum absolute atomic E-state index is 0.196. The van der Waals surface area contributed by atoms with Crippen molar-refractivity contribution in [3.8, 4) is 0 Å². The molecule has 1 aromatic carbocycles. The number of hydrogen-bond donors (Lipinski definition) is 0. The highest BCUT2D eigenvalue weighted by Gasteiger charge is 2.45. The predicted molar refractivity (Wildman–Crippen MR) is 78.2 cm³/mol. The lowest BCUT2D eigenvalue weighted by Gasteiger charge is -2.16. The molecule has 0 unspecified atom stereocenters. The molecule has 1 aromatic rings. The van der Waals surface area contributed by atoms with Gasteiger partial charge in [-0.15, -0.1) is 11.8 Å². The Morgan fingerprint density at radius 2 is 2.10 bits per heavy atom. The molecule has 2 rings (SSSR count). The second kappa shape index (κ2) is 6.20. The molecule has 0 spiro atoms. The van der Waals surface area contributed by atoms with E-state index in [4.69, 9.17) is 0 Å². The number of carbonyl (C=O) groups is 1. The summed E-state index contributed by atoms with van der Waals surface area (Å²) in [5.41, 5.74) is -0.844. The fourth-order valence-electron chi connectivity index (χ4n) is 2.01. The van der Waals surface area contributed by atoms with E-state index < -0.39 is 11.7 Å². The SMILES string of the molecule is COC(=O)CC1(CSc2ccc(Br)cc2C(F)(F)F)CC1. The molecule has 1 saturated carbocycles. The first-order valence-corrected chi connectivity index (χ1v) is 8.10. The van der Waals surface area contributed by atoms with Gasteiger partial charge >= 0.3 is 12.1 Å². The number of rotatable bonds is 5. The molecule has 7 heteroatoms. The topological polar surface area (TPSA) is 26.3 Å². The number of benzene rings is 1. The average Bonchev–Trinajstić information content (AvgIpc) is 3.16. The standard InChI is InChI=1S/C14H14BrF3O2S/c1-20-12(19)7-13(4-5-13)8-21-11-3-2-9(15)6-10(11)14(16,17)18/h2-3,6H,4-5,7-8H2,1H3. The summed E-state index contributed by atoms with van der Waals surface area (Å²) in [6.45, 7) is 0. The van der Waals surface area contributed by atoms with Gasteiger partial charge < -0.3 is 4.74 Å². The van der Waals surface area contributed by atoms with Gasteiger partial charge in [0.05, 0.1) is 19.1 Å². The molecule has 0 bridgehead atoms. The quantitative estimate of drug-likeness (QED) is 0.534. The number of carbonyl (C=O) groups excluding carboxylic acids is 1. The molecule has 1 aliphatic rings. The molecule has 1 fully saturated rings. The first-order chi connectivity index (χ1) is 9.76. The zero-order valence-electron chi connectivity index (χ0n) is 11.3. The van der Waals surface area contributed by atoms with Gasteiger partial charge in [-0.3, -0.25) is 4.79 Å². The maximum Gasteiger partial charge on any atom is 0.417 e. The Morgan fingerprint density at radius 3 is 2.62 bits per heavy atom. The molecule has 2 nitrogen and oxygen atoms in total. The minimum Gasteiger partial charge on any atom is -0.469 e. The van der Waals surface area contributed by atoms with E-state index in [0.29, 0.717) is 10.2 Å². The third-order valence-electron chi connectivity index (χ3n) is 3.48. The van der Waals surface area contributed by atoms with Crippen LogP contribution in [0.15, 0.2) is 27.6 Å². The molecule has 116 valence electrons. The fourth-order valence-corrected chi connectivity index (χ4v) is 3.72. The van der Waals surface area contributed by atoms with E-state index in [2.05, 4.69) is 20.7 Å². The van der Waals surface area contributed by atoms with Crippen LogP contribution < -0.4 is 0 Å². The molecule has 1 aliphatic carbocycles. The van der Waals surface area contributed by atoms with E-state index in [0.717, 1.165) is 30.7 Å². The lowest BCUT2D eigenvalue weighted by Crippen LogP contribution is -2.14. The third-order valence-corrected chi connectivity index (χ3v) is 5.40. The lowest BCUT2D eigenvalue weighted by molar-refractivity contribution is -0.142. The zero-order valence-corrected chi connectivity index (χ0v) is 13.7. The summed E-state index contributed by atoms with van der Waals surface area (Å²) in [6.07, 6.45) is -2.40. The molecular weight excluding hydrogens is 369 g/mol. The Hall–Kier alpha value is -0.690. The monoisotopic (exact) mass is 382 g/mol. The van der Waals surface area contributed by atoms with E-state index in [-0.39, 0.29) is 22.7 Å². The maximum atomic E-state index is 13.0. The summed E-state index contributed by atoms with van der Waals surface area (Å²) in [5.74, 6) is 0.187. The van der Waals surface area contributed by atoms with Crippen LogP contribution in [-0.2, 0) is 15.7 Å². The van der Waals surface area contributed by atoms with Gasteiger partial charge in [0.1, 0.15) is 0 Å². The van der Waals surface area contributed by atoms with Gasteiger partial charge in [0.2, 0.25) is 0 Å². The largest absolute Gasteiger partial charge is 0.469 e. The lowest BCUT2D eigenvalue weighted by atomic mass is 10.1. The van der Waals surface area contributed by atoms with Gasteiger partial charge in [0.15, 0.2) is 0 Å². The average molecular weight is 383 g/mol. The molecule has 0 radical (unpaired) electrons. The molecule has 0 heterocycles.